The molecule has 2 aromatic carbocycles. The molecule has 0 atom stereocenters. The largest absolute Gasteiger partial charge is 0.493 e. The van der Waals surface area contributed by atoms with E-state index in [-0.39, 0.29) is 5.91 Å². The van der Waals surface area contributed by atoms with Gasteiger partial charge in [0.05, 0.1) is 19.9 Å². The third-order valence-electron chi connectivity index (χ3n) is 5.97. The number of aromatic nitrogens is 2. The van der Waals surface area contributed by atoms with Crippen molar-refractivity contribution in [1.29, 1.82) is 0 Å². The monoisotopic (exact) mass is 432 g/mol. The molecule has 1 saturated heterocycles. The van der Waals surface area contributed by atoms with E-state index in [1.54, 1.807) is 14.2 Å². The van der Waals surface area contributed by atoms with Crippen molar-refractivity contribution in [2.45, 2.75) is 13.8 Å². The smallest absolute Gasteiger partial charge is 0.253 e. The fourth-order valence-electron chi connectivity index (χ4n) is 3.84. The van der Waals surface area contributed by atoms with Crippen LogP contribution >= 0.6 is 0 Å². The summed E-state index contributed by atoms with van der Waals surface area (Å²) < 4.78 is 10.7. The molecule has 0 saturated carbocycles. The summed E-state index contributed by atoms with van der Waals surface area (Å²) in [4.78, 5) is 16.9. The minimum Gasteiger partial charge on any atom is -0.493 e. The van der Waals surface area contributed by atoms with Crippen LogP contribution in [0.5, 0.6) is 11.5 Å². The summed E-state index contributed by atoms with van der Waals surface area (Å²) >= 11 is 0. The van der Waals surface area contributed by atoms with E-state index in [4.69, 9.17) is 9.47 Å². The van der Waals surface area contributed by atoms with Crippen molar-refractivity contribution < 1.29 is 14.3 Å². The number of piperazine rings is 1. The standard InChI is InChI=1S/C25H28N4O3/c1-17-5-6-20(15-18(17)2)25(30)29-13-11-28(12-14-29)24-10-8-21(26-27-24)19-7-9-22(31-3)23(16-19)32-4/h5-10,15-16H,11-14H2,1-4H3. The molecule has 1 aliphatic heterocycles. The third-order valence-corrected chi connectivity index (χ3v) is 5.97. The molecule has 7 nitrogen and oxygen atoms in total. The highest BCUT2D eigenvalue weighted by Crippen LogP contribution is 2.31. The van der Waals surface area contributed by atoms with E-state index in [9.17, 15) is 4.79 Å². The first-order chi connectivity index (χ1) is 15.5. The summed E-state index contributed by atoms with van der Waals surface area (Å²) in [5.74, 6) is 2.23. The lowest BCUT2D eigenvalue weighted by molar-refractivity contribution is 0.0746. The number of benzene rings is 2. The molecule has 32 heavy (non-hydrogen) atoms. The molecule has 0 spiro atoms. The Morgan fingerprint density at radius 1 is 0.812 bits per heavy atom. The molecule has 1 aliphatic rings. The summed E-state index contributed by atoms with van der Waals surface area (Å²) in [6.45, 7) is 6.85. The minimum absolute atomic E-state index is 0.0858. The number of methoxy groups -OCH3 is 2. The fourth-order valence-corrected chi connectivity index (χ4v) is 3.84. The van der Waals surface area contributed by atoms with Gasteiger partial charge in [-0.15, -0.1) is 10.2 Å². The van der Waals surface area contributed by atoms with Crippen LogP contribution in [0.4, 0.5) is 5.82 Å². The maximum absolute atomic E-state index is 12.9. The first-order valence-electron chi connectivity index (χ1n) is 10.7. The van der Waals surface area contributed by atoms with E-state index in [0.29, 0.717) is 24.6 Å². The molecule has 0 aliphatic carbocycles. The van der Waals surface area contributed by atoms with Gasteiger partial charge in [-0.25, -0.2) is 0 Å². The lowest BCUT2D eigenvalue weighted by atomic mass is 10.1. The zero-order chi connectivity index (χ0) is 22.7. The molecule has 4 rings (SSSR count). The second kappa shape index (κ2) is 9.26. The average Bonchev–Trinajstić information content (AvgIpc) is 2.85. The Morgan fingerprint density at radius 3 is 2.19 bits per heavy atom. The van der Waals surface area contributed by atoms with E-state index >= 15 is 0 Å². The maximum Gasteiger partial charge on any atom is 0.253 e. The number of carbonyl (C=O) groups excluding carboxylic acids is 1. The topological polar surface area (TPSA) is 67.8 Å². The van der Waals surface area contributed by atoms with Crippen molar-refractivity contribution in [2.24, 2.45) is 0 Å². The Bertz CT molecular complexity index is 1110. The molecule has 2 heterocycles. The van der Waals surface area contributed by atoms with E-state index in [1.807, 2.05) is 60.4 Å². The lowest BCUT2D eigenvalue weighted by Crippen LogP contribution is -2.49. The van der Waals surface area contributed by atoms with Crippen LogP contribution in [0.3, 0.4) is 0 Å². The maximum atomic E-state index is 12.9. The first kappa shape index (κ1) is 21.6. The quantitative estimate of drug-likeness (QED) is 0.612. The molecule has 0 unspecified atom stereocenters. The summed E-state index contributed by atoms with van der Waals surface area (Å²) in [7, 11) is 3.22. The third kappa shape index (κ3) is 4.37. The molecule has 1 amide bonds. The molecule has 1 aromatic heterocycles. The molecule has 0 bridgehead atoms. The van der Waals surface area contributed by atoms with Crippen LogP contribution in [0.1, 0.15) is 21.5 Å². The van der Waals surface area contributed by atoms with Crippen LogP contribution in [-0.4, -0.2) is 61.4 Å². The molecule has 0 radical (unpaired) electrons. The number of aryl methyl sites for hydroxylation is 2. The highest BCUT2D eigenvalue weighted by atomic mass is 16.5. The average molecular weight is 433 g/mol. The number of hydrogen-bond acceptors (Lipinski definition) is 6. The zero-order valence-electron chi connectivity index (χ0n) is 19.0. The summed E-state index contributed by atoms with van der Waals surface area (Å²) in [5, 5.41) is 8.83. The van der Waals surface area contributed by atoms with Gasteiger partial charge >= 0.3 is 0 Å². The zero-order valence-corrected chi connectivity index (χ0v) is 19.0. The Morgan fingerprint density at radius 2 is 1.56 bits per heavy atom. The number of nitrogens with zero attached hydrogens (tertiary/aromatic N) is 4. The van der Waals surface area contributed by atoms with Crippen LogP contribution in [0.25, 0.3) is 11.3 Å². The van der Waals surface area contributed by atoms with Gasteiger partial charge in [0.1, 0.15) is 0 Å². The first-order valence-corrected chi connectivity index (χ1v) is 10.7. The van der Waals surface area contributed by atoms with Gasteiger partial charge in [-0.05, 0) is 67.4 Å². The number of ether oxygens (including phenoxy) is 2. The number of rotatable bonds is 5. The van der Waals surface area contributed by atoms with Crippen molar-refractivity contribution in [1.82, 2.24) is 15.1 Å². The Balaban J connectivity index is 1.41. The van der Waals surface area contributed by atoms with E-state index in [0.717, 1.165) is 41.3 Å². The number of anilines is 1. The van der Waals surface area contributed by atoms with Crippen LogP contribution in [-0.2, 0) is 0 Å². The number of amides is 1. The molecular weight excluding hydrogens is 404 g/mol. The highest BCUT2D eigenvalue weighted by molar-refractivity contribution is 5.94. The highest BCUT2D eigenvalue weighted by Gasteiger charge is 2.23. The minimum atomic E-state index is 0.0858. The van der Waals surface area contributed by atoms with Crippen LogP contribution in [0, 0.1) is 13.8 Å². The van der Waals surface area contributed by atoms with Crippen LogP contribution in [0.15, 0.2) is 48.5 Å². The van der Waals surface area contributed by atoms with Gasteiger partial charge in [0.25, 0.3) is 5.91 Å². The molecule has 3 aromatic rings. The fraction of sp³-hybridized carbons (Fsp3) is 0.320. The lowest BCUT2D eigenvalue weighted by Gasteiger charge is -2.35. The van der Waals surface area contributed by atoms with Gasteiger partial charge in [0, 0.05) is 37.3 Å². The van der Waals surface area contributed by atoms with Crippen molar-refractivity contribution in [3.63, 3.8) is 0 Å². The summed E-state index contributed by atoms with van der Waals surface area (Å²) in [6.07, 6.45) is 0. The van der Waals surface area contributed by atoms with Gasteiger partial charge in [0.2, 0.25) is 0 Å². The number of hydrogen-bond donors (Lipinski definition) is 0. The van der Waals surface area contributed by atoms with Crippen molar-refractivity contribution >= 4 is 11.7 Å². The second-order valence-electron chi connectivity index (χ2n) is 7.92. The SMILES string of the molecule is COc1ccc(-c2ccc(N3CCN(C(=O)c4ccc(C)c(C)c4)CC3)nn2)cc1OC. The second-order valence-corrected chi connectivity index (χ2v) is 7.92. The summed E-state index contributed by atoms with van der Waals surface area (Å²) in [6, 6.07) is 15.5. The molecule has 1 fully saturated rings. The Kier molecular flexibility index (Phi) is 6.25. The Labute approximate surface area is 188 Å². The van der Waals surface area contributed by atoms with Gasteiger partial charge in [-0.3, -0.25) is 4.79 Å². The van der Waals surface area contributed by atoms with Crippen LogP contribution in [0.2, 0.25) is 0 Å². The van der Waals surface area contributed by atoms with Crippen molar-refractivity contribution in [3.05, 3.63) is 65.2 Å². The normalized spacial score (nSPS) is 13.8. The van der Waals surface area contributed by atoms with E-state index in [2.05, 4.69) is 22.0 Å². The van der Waals surface area contributed by atoms with E-state index in [1.165, 1.54) is 5.56 Å². The van der Waals surface area contributed by atoms with Crippen molar-refractivity contribution in [3.8, 4) is 22.8 Å². The van der Waals surface area contributed by atoms with Gasteiger partial charge in [-0.1, -0.05) is 6.07 Å². The Hall–Kier alpha value is -3.61. The predicted molar refractivity (Wildman–Crippen MR) is 125 cm³/mol. The van der Waals surface area contributed by atoms with E-state index < -0.39 is 0 Å². The van der Waals surface area contributed by atoms with Gasteiger partial charge in [-0.2, -0.15) is 0 Å². The van der Waals surface area contributed by atoms with Gasteiger partial charge in [0.15, 0.2) is 17.3 Å². The molecule has 0 N–H and O–H groups in total. The number of carbonyl (C=O) groups is 1. The molecule has 7 heteroatoms. The van der Waals surface area contributed by atoms with Gasteiger partial charge < -0.3 is 19.3 Å². The van der Waals surface area contributed by atoms with Crippen molar-refractivity contribution in [2.75, 3.05) is 45.3 Å². The molecule has 166 valence electrons. The van der Waals surface area contributed by atoms with Crippen LogP contribution < -0.4 is 14.4 Å². The predicted octanol–water partition coefficient (Wildman–Crippen LogP) is 3.74. The molecular formula is C25H28N4O3. The summed E-state index contributed by atoms with van der Waals surface area (Å²) in [5.41, 5.74) is 4.75.